The maximum absolute atomic E-state index is 11.0. The minimum absolute atomic E-state index is 0.237. The van der Waals surface area contributed by atoms with Crippen molar-refractivity contribution in [3.8, 4) is 22.1 Å². The smallest absolute Gasteiger partial charge is 0.335 e. The Kier molecular flexibility index (Phi) is 2.58. The van der Waals surface area contributed by atoms with Crippen LogP contribution in [-0.2, 0) is 0 Å². The number of ether oxygens (including phenoxy) is 2. The van der Waals surface area contributed by atoms with Crippen LogP contribution in [0, 0.1) is 0 Å². The zero-order valence-corrected chi connectivity index (χ0v) is 11.5. The number of aromatic carboxylic acids is 1. The summed E-state index contributed by atoms with van der Waals surface area (Å²) in [6.45, 7) is 0.237. The number of fused-ring (bicyclic) bond motifs is 2. The summed E-state index contributed by atoms with van der Waals surface area (Å²) in [5, 5.41) is 9.85. The van der Waals surface area contributed by atoms with E-state index in [1.165, 1.54) is 11.3 Å². The maximum atomic E-state index is 11.0. The quantitative estimate of drug-likeness (QED) is 0.785. The number of carboxylic acids is 1. The lowest BCUT2D eigenvalue weighted by Crippen LogP contribution is -1.94. The van der Waals surface area contributed by atoms with Gasteiger partial charge in [0.25, 0.3) is 0 Å². The van der Waals surface area contributed by atoms with Crippen LogP contribution in [0.1, 0.15) is 10.4 Å². The third-order valence-corrected chi connectivity index (χ3v) is 4.32. The molecule has 1 aliphatic heterocycles. The Morgan fingerprint density at radius 1 is 1.14 bits per heavy atom. The van der Waals surface area contributed by atoms with Gasteiger partial charge in [-0.15, -0.1) is 11.3 Å². The molecule has 0 saturated heterocycles. The summed E-state index contributed by atoms with van der Waals surface area (Å²) in [5.74, 6) is 0.501. The van der Waals surface area contributed by atoms with Crippen molar-refractivity contribution < 1.29 is 19.4 Å². The number of hydrogen-bond donors (Lipinski definition) is 1. The third kappa shape index (κ3) is 2.00. The molecule has 3 aromatic rings. The molecule has 2 aromatic carbocycles. The lowest BCUT2D eigenvalue weighted by Gasteiger charge is -1.98. The van der Waals surface area contributed by atoms with Crippen LogP contribution in [0.15, 0.2) is 36.4 Å². The Hall–Kier alpha value is -2.60. The van der Waals surface area contributed by atoms with Crippen molar-refractivity contribution in [2.24, 2.45) is 0 Å². The van der Waals surface area contributed by atoms with E-state index in [9.17, 15) is 4.79 Å². The topological polar surface area (TPSA) is 68.7 Å². The van der Waals surface area contributed by atoms with Crippen LogP contribution in [0.4, 0.5) is 0 Å². The van der Waals surface area contributed by atoms with Crippen LogP contribution < -0.4 is 9.47 Å². The van der Waals surface area contributed by atoms with Crippen LogP contribution in [-0.4, -0.2) is 22.9 Å². The zero-order valence-electron chi connectivity index (χ0n) is 10.7. The highest BCUT2D eigenvalue weighted by atomic mass is 32.1. The minimum Gasteiger partial charge on any atom is -0.478 e. The highest BCUT2D eigenvalue weighted by Gasteiger charge is 2.16. The molecule has 1 aromatic heterocycles. The molecule has 0 atom stereocenters. The van der Waals surface area contributed by atoms with E-state index in [0.29, 0.717) is 5.75 Å². The molecular formula is C15H9NO4S. The van der Waals surface area contributed by atoms with E-state index in [-0.39, 0.29) is 12.4 Å². The van der Waals surface area contributed by atoms with E-state index in [4.69, 9.17) is 14.6 Å². The van der Waals surface area contributed by atoms with Crippen molar-refractivity contribution in [3.05, 3.63) is 42.0 Å². The fraction of sp³-hybridized carbons (Fsp3) is 0.0667. The van der Waals surface area contributed by atoms with E-state index in [2.05, 4.69) is 4.98 Å². The van der Waals surface area contributed by atoms with Crippen molar-refractivity contribution in [2.45, 2.75) is 0 Å². The molecule has 0 amide bonds. The molecule has 1 N–H and O–H groups in total. The number of carbonyl (C=O) groups is 1. The molecule has 0 unspecified atom stereocenters. The molecule has 0 saturated carbocycles. The lowest BCUT2D eigenvalue weighted by molar-refractivity contribution is 0.0697. The highest BCUT2D eigenvalue weighted by molar-refractivity contribution is 7.21. The maximum Gasteiger partial charge on any atom is 0.335 e. The standard InChI is InChI=1S/C15H9NO4S/c17-15(18)9-1-3-10-13(6-9)21-14(16-10)8-2-4-11-12(5-8)20-7-19-11/h1-6H,7H2,(H,17,18). The van der Waals surface area contributed by atoms with Gasteiger partial charge in [0.2, 0.25) is 6.79 Å². The van der Waals surface area contributed by atoms with Crippen LogP contribution in [0.25, 0.3) is 20.8 Å². The summed E-state index contributed by atoms with van der Waals surface area (Å²) < 4.78 is 11.5. The molecular weight excluding hydrogens is 290 g/mol. The molecule has 104 valence electrons. The number of rotatable bonds is 2. The Balaban J connectivity index is 1.81. The SMILES string of the molecule is O=C(O)c1ccc2nc(-c3ccc4c(c3)OCO4)sc2c1. The van der Waals surface area contributed by atoms with Gasteiger partial charge >= 0.3 is 5.97 Å². The average Bonchev–Trinajstić information content (AvgIpc) is 3.11. The Morgan fingerprint density at radius 2 is 2.00 bits per heavy atom. The largest absolute Gasteiger partial charge is 0.478 e. The van der Waals surface area contributed by atoms with E-state index in [0.717, 1.165) is 26.5 Å². The number of benzene rings is 2. The third-order valence-electron chi connectivity index (χ3n) is 3.25. The fourth-order valence-corrected chi connectivity index (χ4v) is 3.21. The van der Waals surface area contributed by atoms with Crippen LogP contribution in [0.3, 0.4) is 0 Å². The van der Waals surface area contributed by atoms with Gasteiger partial charge in [-0.25, -0.2) is 9.78 Å². The molecule has 0 spiro atoms. The summed E-state index contributed by atoms with van der Waals surface area (Å²) >= 11 is 1.46. The first-order valence-electron chi connectivity index (χ1n) is 6.24. The molecule has 2 heterocycles. The number of nitrogens with zero attached hydrogens (tertiary/aromatic N) is 1. The van der Waals surface area contributed by atoms with Crippen molar-refractivity contribution in [3.63, 3.8) is 0 Å². The van der Waals surface area contributed by atoms with E-state index >= 15 is 0 Å². The molecule has 0 radical (unpaired) electrons. The monoisotopic (exact) mass is 299 g/mol. The van der Waals surface area contributed by atoms with Crippen molar-refractivity contribution >= 4 is 27.5 Å². The van der Waals surface area contributed by atoms with Gasteiger partial charge in [0.1, 0.15) is 5.01 Å². The second kappa shape index (κ2) is 4.46. The first-order chi connectivity index (χ1) is 10.2. The molecule has 0 aliphatic carbocycles. The van der Waals surface area contributed by atoms with E-state index < -0.39 is 5.97 Å². The predicted molar refractivity (Wildman–Crippen MR) is 78.1 cm³/mol. The van der Waals surface area contributed by atoms with Crippen molar-refractivity contribution in [1.29, 1.82) is 0 Å². The van der Waals surface area contributed by atoms with Gasteiger partial charge < -0.3 is 14.6 Å². The molecule has 21 heavy (non-hydrogen) atoms. The van der Waals surface area contributed by atoms with Gasteiger partial charge in [-0.3, -0.25) is 0 Å². The predicted octanol–water partition coefficient (Wildman–Crippen LogP) is 3.39. The van der Waals surface area contributed by atoms with Crippen LogP contribution in [0.2, 0.25) is 0 Å². The first-order valence-corrected chi connectivity index (χ1v) is 7.06. The van der Waals surface area contributed by atoms with Gasteiger partial charge in [0.05, 0.1) is 15.8 Å². The fourth-order valence-electron chi connectivity index (χ4n) is 2.21. The molecule has 4 rings (SSSR count). The molecule has 0 bridgehead atoms. The molecule has 5 nitrogen and oxygen atoms in total. The van der Waals surface area contributed by atoms with Crippen molar-refractivity contribution in [2.75, 3.05) is 6.79 Å². The van der Waals surface area contributed by atoms with Gasteiger partial charge in [-0.2, -0.15) is 0 Å². The Morgan fingerprint density at radius 3 is 2.86 bits per heavy atom. The normalized spacial score (nSPS) is 12.8. The van der Waals surface area contributed by atoms with Gasteiger partial charge in [0, 0.05) is 5.56 Å². The summed E-state index contributed by atoms with van der Waals surface area (Å²) in [4.78, 5) is 15.5. The number of aromatic nitrogens is 1. The molecule has 0 fully saturated rings. The number of hydrogen-bond acceptors (Lipinski definition) is 5. The van der Waals surface area contributed by atoms with Crippen LogP contribution >= 0.6 is 11.3 Å². The molecule has 1 aliphatic rings. The summed E-state index contributed by atoms with van der Waals surface area (Å²) in [6, 6.07) is 10.6. The first kappa shape index (κ1) is 12.2. The van der Waals surface area contributed by atoms with Gasteiger partial charge in [-0.1, -0.05) is 0 Å². The van der Waals surface area contributed by atoms with Crippen molar-refractivity contribution in [1.82, 2.24) is 4.98 Å². The Bertz CT molecular complexity index is 871. The molecule has 6 heteroatoms. The Labute approximate surface area is 123 Å². The summed E-state index contributed by atoms with van der Waals surface area (Å²) in [7, 11) is 0. The number of carboxylic acid groups (broad SMARTS) is 1. The summed E-state index contributed by atoms with van der Waals surface area (Å²) in [5.41, 5.74) is 1.98. The van der Waals surface area contributed by atoms with Crippen LogP contribution in [0.5, 0.6) is 11.5 Å². The van der Waals surface area contributed by atoms with E-state index in [1.807, 2.05) is 18.2 Å². The summed E-state index contributed by atoms with van der Waals surface area (Å²) in [6.07, 6.45) is 0. The minimum atomic E-state index is -0.935. The second-order valence-electron chi connectivity index (χ2n) is 4.57. The van der Waals surface area contributed by atoms with Gasteiger partial charge in [-0.05, 0) is 36.4 Å². The lowest BCUT2D eigenvalue weighted by atomic mass is 10.2. The van der Waals surface area contributed by atoms with Gasteiger partial charge in [0.15, 0.2) is 11.5 Å². The zero-order chi connectivity index (χ0) is 14.4. The van der Waals surface area contributed by atoms with E-state index in [1.54, 1.807) is 18.2 Å². The highest BCUT2D eigenvalue weighted by Crippen LogP contribution is 2.38. The average molecular weight is 299 g/mol. The second-order valence-corrected chi connectivity index (χ2v) is 5.61. The number of thiazole rings is 1.